The molecule has 0 aromatic heterocycles. The topological polar surface area (TPSA) is 95.9 Å². The van der Waals surface area contributed by atoms with Gasteiger partial charge >= 0.3 is 5.97 Å². The molecule has 6 nitrogen and oxygen atoms in total. The van der Waals surface area contributed by atoms with Crippen molar-refractivity contribution in [3.8, 4) is 11.5 Å². The van der Waals surface area contributed by atoms with Gasteiger partial charge in [-0.15, -0.1) is 0 Å². The highest BCUT2D eigenvalue weighted by molar-refractivity contribution is 5.93. The predicted molar refractivity (Wildman–Crippen MR) is 96.7 cm³/mol. The van der Waals surface area contributed by atoms with Gasteiger partial charge in [-0.3, -0.25) is 9.59 Å². The minimum atomic E-state index is -1.11. The lowest BCUT2D eigenvalue weighted by atomic mass is 10.1. The van der Waals surface area contributed by atoms with E-state index in [0.29, 0.717) is 17.9 Å². The van der Waals surface area contributed by atoms with Gasteiger partial charge in [-0.05, 0) is 24.6 Å². The van der Waals surface area contributed by atoms with E-state index in [4.69, 9.17) is 9.84 Å². The van der Waals surface area contributed by atoms with Crippen molar-refractivity contribution in [2.24, 2.45) is 0 Å². The summed E-state index contributed by atoms with van der Waals surface area (Å²) < 4.78 is 5.61. The zero-order valence-corrected chi connectivity index (χ0v) is 14.7. The summed E-state index contributed by atoms with van der Waals surface area (Å²) >= 11 is 0. The van der Waals surface area contributed by atoms with Crippen LogP contribution in [0.4, 0.5) is 0 Å². The highest BCUT2D eigenvalue weighted by Crippen LogP contribution is 2.25. The Balaban J connectivity index is 2.38. The third-order valence-electron chi connectivity index (χ3n) is 3.60. The van der Waals surface area contributed by atoms with Gasteiger partial charge < -0.3 is 20.3 Å². The Morgan fingerprint density at radius 1 is 1.16 bits per heavy atom. The van der Waals surface area contributed by atoms with Crippen LogP contribution >= 0.6 is 0 Å². The maximum Gasteiger partial charge on any atom is 0.322 e. The Kier molecular flexibility index (Phi) is 9.82. The molecular weight excluding hydrogens is 322 g/mol. The van der Waals surface area contributed by atoms with Gasteiger partial charge in [-0.2, -0.15) is 0 Å². The number of benzene rings is 1. The molecule has 1 amide bonds. The van der Waals surface area contributed by atoms with Gasteiger partial charge in [0.25, 0.3) is 0 Å². The van der Waals surface area contributed by atoms with E-state index in [1.807, 2.05) is 0 Å². The molecule has 0 saturated heterocycles. The van der Waals surface area contributed by atoms with Crippen LogP contribution in [0.5, 0.6) is 11.5 Å². The largest absolute Gasteiger partial charge is 0.507 e. The summed E-state index contributed by atoms with van der Waals surface area (Å²) in [6.07, 6.45) is 9.71. The number of ether oxygens (including phenoxy) is 1. The Labute approximate surface area is 148 Å². The van der Waals surface area contributed by atoms with Gasteiger partial charge in [-0.25, -0.2) is 0 Å². The number of unbranched alkanes of at least 4 members (excludes halogenated alkanes) is 5. The highest BCUT2D eigenvalue weighted by atomic mass is 16.5. The lowest BCUT2D eigenvalue weighted by molar-refractivity contribution is -0.137. The summed E-state index contributed by atoms with van der Waals surface area (Å²) in [5.74, 6) is -1.07. The number of carbonyl (C=O) groups is 2. The summed E-state index contributed by atoms with van der Waals surface area (Å²) in [6.45, 7) is 2.36. The smallest absolute Gasteiger partial charge is 0.322 e. The van der Waals surface area contributed by atoms with E-state index in [2.05, 4.69) is 12.2 Å². The minimum absolute atomic E-state index is 0.00253. The molecule has 0 spiro atoms. The molecule has 6 heteroatoms. The predicted octanol–water partition coefficient (Wildman–Crippen LogP) is 3.35. The average molecular weight is 349 g/mol. The van der Waals surface area contributed by atoms with E-state index in [0.717, 1.165) is 12.8 Å². The molecule has 0 radical (unpaired) electrons. The first kappa shape index (κ1) is 20.5. The molecular formula is C19H27NO5. The molecule has 1 rings (SSSR count). The lowest BCUT2D eigenvalue weighted by Crippen LogP contribution is -2.27. The molecule has 1 aromatic carbocycles. The van der Waals surface area contributed by atoms with Crippen LogP contribution in [0.25, 0.3) is 6.08 Å². The first-order valence-electron chi connectivity index (χ1n) is 8.66. The summed E-state index contributed by atoms with van der Waals surface area (Å²) in [5.41, 5.74) is 0.456. The Hall–Kier alpha value is -2.50. The SMILES string of the molecule is CCCCCCCCOc1ccc(/C=C/C(=O)NCC(=O)O)c(O)c1. The number of carboxylic acids is 1. The van der Waals surface area contributed by atoms with E-state index in [9.17, 15) is 14.7 Å². The second-order valence-corrected chi connectivity index (χ2v) is 5.78. The number of phenols is 1. The van der Waals surface area contributed by atoms with Crippen molar-refractivity contribution in [2.75, 3.05) is 13.2 Å². The number of aliphatic carboxylic acids is 1. The second kappa shape index (κ2) is 11.9. The fraction of sp³-hybridized carbons (Fsp3) is 0.474. The fourth-order valence-corrected chi connectivity index (χ4v) is 2.21. The zero-order chi connectivity index (χ0) is 18.5. The van der Waals surface area contributed by atoms with Crippen molar-refractivity contribution < 1.29 is 24.5 Å². The van der Waals surface area contributed by atoms with Crippen LogP contribution in [-0.4, -0.2) is 35.2 Å². The van der Waals surface area contributed by atoms with E-state index < -0.39 is 18.4 Å². The lowest BCUT2D eigenvalue weighted by Gasteiger charge is -2.08. The zero-order valence-electron chi connectivity index (χ0n) is 14.7. The Morgan fingerprint density at radius 3 is 2.56 bits per heavy atom. The van der Waals surface area contributed by atoms with E-state index in [-0.39, 0.29) is 5.75 Å². The quantitative estimate of drug-likeness (QED) is 0.397. The van der Waals surface area contributed by atoms with Crippen LogP contribution in [0.3, 0.4) is 0 Å². The third kappa shape index (κ3) is 9.39. The molecule has 25 heavy (non-hydrogen) atoms. The molecule has 0 heterocycles. The van der Waals surface area contributed by atoms with Gasteiger partial charge in [0.05, 0.1) is 6.61 Å². The van der Waals surface area contributed by atoms with Gasteiger partial charge in [0.15, 0.2) is 0 Å². The number of hydrogen-bond acceptors (Lipinski definition) is 4. The Bertz CT molecular complexity index is 583. The molecule has 0 unspecified atom stereocenters. The Morgan fingerprint density at radius 2 is 1.88 bits per heavy atom. The monoisotopic (exact) mass is 349 g/mol. The molecule has 138 valence electrons. The molecule has 0 atom stereocenters. The summed E-state index contributed by atoms with van der Waals surface area (Å²) in [4.78, 5) is 21.8. The molecule has 0 aliphatic heterocycles. The molecule has 0 saturated carbocycles. The standard InChI is InChI=1S/C19H27NO5/c1-2-3-4-5-6-7-12-25-16-10-8-15(17(21)13-16)9-11-18(22)20-14-19(23)24/h8-11,13,21H,2-7,12,14H2,1H3,(H,20,22)(H,23,24)/b11-9+. The highest BCUT2D eigenvalue weighted by Gasteiger charge is 2.03. The number of carbonyl (C=O) groups excluding carboxylic acids is 1. The molecule has 1 aromatic rings. The van der Waals surface area contributed by atoms with Crippen molar-refractivity contribution in [1.29, 1.82) is 0 Å². The van der Waals surface area contributed by atoms with E-state index >= 15 is 0 Å². The molecule has 3 N–H and O–H groups in total. The van der Waals surface area contributed by atoms with Crippen molar-refractivity contribution in [3.63, 3.8) is 0 Å². The van der Waals surface area contributed by atoms with Crippen molar-refractivity contribution >= 4 is 18.0 Å². The number of nitrogens with one attached hydrogen (secondary N) is 1. The number of rotatable bonds is 12. The third-order valence-corrected chi connectivity index (χ3v) is 3.60. The van der Waals surface area contributed by atoms with Crippen molar-refractivity contribution in [3.05, 3.63) is 29.8 Å². The molecule has 0 fully saturated rings. The summed E-state index contributed by atoms with van der Waals surface area (Å²) in [7, 11) is 0. The normalized spacial score (nSPS) is 10.8. The fourth-order valence-electron chi connectivity index (χ4n) is 2.21. The van der Waals surface area contributed by atoms with E-state index in [1.165, 1.54) is 43.9 Å². The number of phenolic OH excluding ortho intramolecular Hbond substituents is 1. The van der Waals surface area contributed by atoms with Crippen LogP contribution in [-0.2, 0) is 9.59 Å². The van der Waals surface area contributed by atoms with Gasteiger partial charge in [0.1, 0.15) is 18.0 Å². The van der Waals surface area contributed by atoms with Crippen LogP contribution in [0.1, 0.15) is 51.0 Å². The van der Waals surface area contributed by atoms with Gasteiger partial charge in [-0.1, -0.05) is 39.0 Å². The summed E-state index contributed by atoms with van der Waals surface area (Å²) in [6, 6.07) is 4.88. The maximum atomic E-state index is 11.4. The van der Waals surface area contributed by atoms with Crippen LogP contribution in [0, 0.1) is 0 Å². The maximum absolute atomic E-state index is 11.4. The van der Waals surface area contributed by atoms with Crippen molar-refractivity contribution in [2.45, 2.75) is 45.4 Å². The number of amides is 1. The van der Waals surface area contributed by atoms with Gasteiger partial charge in [0, 0.05) is 17.7 Å². The van der Waals surface area contributed by atoms with Gasteiger partial charge in [0.2, 0.25) is 5.91 Å². The minimum Gasteiger partial charge on any atom is -0.507 e. The van der Waals surface area contributed by atoms with E-state index in [1.54, 1.807) is 12.1 Å². The molecule has 0 aliphatic rings. The van der Waals surface area contributed by atoms with Crippen molar-refractivity contribution in [1.82, 2.24) is 5.32 Å². The molecule has 0 aliphatic carbocycles. The average Bonchev–Trinajstić information content (AvgIpc) is 2.58. The first-order chi connectivity index (χ1) is 12.0. The number of carboxylic acid groups (broad SMARTS) is 1. The first-order valence-corrected chi connectivity index (χ1v) is 8.66. The van der Waals surface area contributed by atoms with Crippen LogP contribution in [0.15, 0.2) is 24.3 Å². The van der Waals surface area contributed by atoms with Crippen LogP contribution < -0.4 is 10.1 Å². The van der Waals surface area contributed by atoms with Crippen LogP contribution in [0.2, 0.25) is 0 Å². The number of hydrogen-bond donors (Lipinski definition) is 3. The number of aromatic hydroxyl groups is 1. The second-order valence-electron chi connectivity index (χ2n) is 5.78. The summed E-state index contributed by atoms with van der Waals surface area (Å²) in [5, 5.41) is 20.6. The molecule has 0 bridgehead atoms.